The van der Waals surface area contributed by atoms with Gasteiger partial charge >= 0.3 is 0 Å². The van der Waals surface area contributed by atoms with Crippen molar-refractivity contribution in [2.24, 2.45) is 0 Å². The van der Waals surface area contributed by atoms with E-state index in [0.717, 1.165) is 5.56 Å². The van der Waals surface area contributed by atoms with E-state index in [1.807, 2.05) is 20.8 Å². The van der Waals surface area contributed by atoms with E-state index in [2.05, 4.69) is 5.32 Å². The molecule has 0 unspecified atom stereocenters. The van der Waals surface area contributed by atoms with Crippen molar-refractivity contribution in [1.29, 1.82) is 0 Å². The molecule has 0 aromatic heterocycles. The Morgan fingerprint density at radius 1 is 1.35 bits per heavy atom. The predicted molar refractivity (Wildman–Crippen MR) is 75.7 cm³/mol. The van der Waals surface area contributed by atoms with E-state index in [-0.39, 0.29) is 29.5 Å². The number of phenols is 1. The van der Waals surface area contributed by atoms with Crippen molar-refractivity contribution in [3.8, 4) is 5.75 Å². The first-order chi connectivity index (χ1) is 9.29. The van der Waals surface area contributed by atoms with E-state index in [0.29, 0.717) is 18.7 Å². The number of aromatic hydroxyl groups is 1. The van der Waals surface area contributed by atoms with Gasteiger partial charge in [-0.2, -0.15) is 0 Å². The summed E-state index contributed by atoms with van der Waals surface area (Å²) in [6, 6.07) is 4.85. The molecule has 1 saturated heterocycles. The van der Waals surface area contributed by atoms with Crippen molar-refractivity contribution in [3.05, 3.63) is 29.3 Å². The minimum Gasteiger partial charge on any atom is -0.508 e. The maximum absolute atomic E-state index is 12.4. The van der Waals surface area contributed by atoms with E-state index in [1.165, 1.54) is 11.0 Å². The van der Waals surface area contributed by atoms with Crippen LogP contribution in [-0.2, 0) is 10.2 Å². The van der Waals surface area contributed by atoms with Gasteiger partial charge in [-0.1, -0.05) is 20.8 Å². The summed E-state index contributed by atoms with van der Waals surface area (Å²) in [4.78, 5) is 25.3. The van der Waals surface area contributed by atoms with Gasteiger partial charge in [0, 0.05) is 24.2 Å². The molecule has 1 aromatic carbocycles. The summed E-state index contributed by atoms with van der Waals surface area (Å²) in [5, 5.41) is 12.6. The highest BCUT2D eigenvalue weighted by Crippen LogP contribution is 2.31. The summed E-state index contributed by atoms with van der Waals surface area (Å²) in [7, 11) is 0. The Hall–Kier alpha value is -2.04. The van der Waals surface area contributed by atoms with Crippen molar-refractivity contribution in [2.75, 3.05) is 19.6 Å². The Morgan fingerprint density at radius 3 is 2.65 bits per heavy atom. The standard InChI is InChI=1S/C15H20N2O3/c1-15(2,3)11-8-10(4-5-12(11)18)14(20)17-7-6-16-13(19)9-17/h4-5,8,18H,6-7,9H2,1-3H3,(H,16,19). The Kier molecular flexibility index (Phi) is 3.70. The molecule has 1 aliphatic rings. The summed E-state index contributed by atoms with van der Waals surface area (Å²) in [5.74, 6) is -0.129. The molecule has 2 rings (SSSR count). The van der Waals surface area contributed by atoms with Gasteiger partial charge in [-0.05, 0) is 23.6 Å². The first kappa shape index (κ1) is 14.4. The highest BCUT2D eigenvalue weighted by atomic mass is 16.3. The van der Waals surface area contributed by atoms with Gasteiger partial charge in [0.05, 0.1) is 6.54 Å². The van der Waals surface area contributed by atoms with Gasteiger partial charge in [-0.25, -0.2) is 0 Å². The molecule has 0 bridgehead atoms. The van der Waals surface area contributed by atoms with Crippen LogP contribution in [0.5, 0.6) is 5.75 Å². The average molecular weight is 276 g/mol. The lowest BCUT2D eigenvalue weighted by atomic mass is 9.85. The van der Waals surface area contributed by atoms with Crippen LogP contribution < -0.4 is 5.32 Å². The molecule has 108 valence electrons. The van der Waals surface area contributed by atoms with Crippen molar-refractivity contribution in [1.82, 2.24) is 10.2 Å². The van der Waals surface area contributed by atoms with Crippen LogP contribution in [0.15, 0.2) is 18.2 Å². The van der Waals surface area contributed by atoms with Gasteiger partial charge in [0.2, 0.25) is 5.91 Å². The number of phenolic OH excluding ortho intramolecular Hbond substituents is 1. The molecule has 2 N–H and O–H groups in total. The van der Waals surface area contributed by atoms with Gasteiger partial charge in [-0.15, -0.1) is 0 Å². The van der Waals surface area contributed by atoms with E-state index in [1.54, 1.807) is 12.1 Å². The van der Waals surface area contributed by atoms with Gasteiger partial charge in [0.25, 0.3) is 5.91 Å². The van der Waals surface area contributed by atoms with Crippen LogP contribution in [0.4, 0.5) is 0 Å². The fourth-order valence-electron chi connectivity index (χ4n) is 2.26. The minimum absolute atomic E-state index is 0.0879. The zero-order valence-electron chi connectivity index (χ0n) is 12.1. The molecule has 1 fully saturated rings. The van der Waals surface area contributed by atoms with Crippen molar-refractivity contribution >= 4 is 11.8 Å². The third-order valence-electron chi connectivity index (χ3n) is 3.38. The largest absolute Gasteiger partial charge is 0.508 e. The maximum Gasteiger partial charge on any atom is 0.254 e. The summed E-state index contributed by atoms with van der Waals surface area (Å²) in [5.41, 5.74) is 0.979. The summed E-state index contributed by atoms with van der Waals surface area (Å²) < 4.78 is 0. The molecule has 20 heavy (non-hydrogen) atoms. The minimum atomic E-state index is -0.250. The molecule has 0 atom stereocenters. The quantitative estimate of drug-likeness (QED) is 0.811. The topological polar surface area (TPSA) is 69.6 Å². The Bertz CT molecular complexity index is 547. The van der Waals surface area contributed by atoms with E-state index >= 15 is 0 Å². The lowest BCUT2D eigenvalue weighted by Crippen LogP contribution is -2.50. The molecule has 0 spiro atoms. The molecule has 0 saturated carbocycles. The number of hydrogen-bond acceptors (Lipinski definition) is 3. The number of benzene rings is 1. The van der Waals surface area contributed by atoms with E-state index < -0.39 is 0 Å². The Balaban J connectivity index is 2.29. The van der Waals surface area contributed by atoms with Crippen molar-refractivity contribution in [3.63, 3.8) is 0 Å². The fourth-order valence-corrected chi connectivity index (χ4v) is 2.26. The number of rotatable bonds is 1. The number of hydrogen-bond donors (Lipinski definition) is 2. The zero-order valence-corrected chi connectivity index (χ0v) is 12.1. The lowest BCUT2D eigenvalue weighted by molar-refractivity contribution is -0.123. The van der Waals surface area contributed by atoms with Gasteiger partial charge in [0.15, 0.2) is 0 Å². The first-order valence-corrected chi connectivity index (χ1v) is 6.68. The summed E-state index contributed by atoms with van der Waals surface area (Å²) in [6.07, 6.45) is 0. The van der Waals surface area contributed by atoms with Crippen LogP contribution in [0.1, 0.15) is 36.7 Å². The number of nitrogens with one attached hydrogen (secondary N) is 1. The molecule has 1 heterocycles. The SMILES string of the molecule is CC(C)(C)c1cc(C(=O)N2CCNC(=O)C2)ccc1O. The van der Waals surface area contributed by atoms with Crippen molar-refractivity contribution in [2.45, 2.75) is 26.2 Å². The monoisotopic (exact) mass is 276 g/mol. The first-order valence-electron chi connectivity index (χ1n) is 6.68. The predicted octanol–water partition coefficient (Wildman–Crippen LogP) is 1.26. The van der Waals surface area contributed by atoms with Crippen LogP contribution in [0.3, 0.4) is 0 Å². The van der Waals surface area contributed by atoms with Gasteiger partial charge < -0.3 is 15.3 Å². The molecule has 5 nitrogen and oxygen atoms in total. The molecule has 1 aromatic rings. The second-order valence-electron chi connectivity index (χ2n) is 6.06. The molecule has 5 heteroatoms. The molecule has 1 aliphatic heterocycles. The summed E-state index contributed by atoms with van der Waals surface area (Å²) in [6.45, 7) is 7.01. The molecule has 2 amide bonds. The van der Waals surface area contributed by atoms with E-state index in [4.69, 9.17) is 0 Å². The van der Waals surface area contributed by atoms with Crippen LogP contribution in [0.2, 0.25) is 0 Å². The van der Waals surface area contributed by atoms with Crippen LogP contribution in [0, 0.1) is 0 Å². The third kappa shape index (κ3) is 2.92. The second-order valence-corrected chi connectivity index (χ2v) is 6.06. The number of piperazine rings is 1. The Labute approximate surface area is 118 Å². The number of nitrogens with zero attached hydrogens (tertiary/aromatic N) is 1. The third-order valence-corrected chi connectivity index (χ3v) is 3.38. The van der Waals surface area contributed by atoms with Gasteiger partial charge in [-0.3, -0.25) is 9.59 Å². The Morgan fingerprint density at radius 2 is 2.05 bits per heavy atom. The number of carbonyl (C=O) groups excluding carboxylic acids is 2. The number of carbonyl (C=O) groups is 2. The smallest absolute Gasteiger partial charge is 0.254 e. The zero-order chi connectivity index (χ0) is 14.9. The second kappa shape index (κ2) is 5.15. The lowest BCUT2D eigenvalue weighted by Gasteiger charge is -2.27. The average Bonchev–Trinajstić information content (AvgIpc) is 2.37. The van der Waals surface area contributed by atoms with Crippen molar-refractivity contribution < 1.29 is 14.7 Å². The normalized spacial score (nSPS) is 15.9. The summed E-state index contributed by atoms with van der Waals surface area (Å²) >= 11 is 0. The highest BCUT2D eigenvalue weighted by Gasteiger charge is 2.25. The molecule has 0 aliphatic carbocycles. The van der Waals surface area contributed by atoms with Crippen LogP contribution >= 0.6 is 0 Å². The molecular weight excluding hydrogens is 256 g/mol. The van der Waals surface area contributed by atoms with Crippen LogP contribution in [0.25, 0.3) is 0 Å². The van der Waals surface area contributed by atoms with E-state index in [9.17, 15) is 14.7 Å². The molecule has 0 radical (unpaired) electrons. The van der Waals surface area contributed by atoms with Gasteiger partial charge in [0.1, 0.15) is 5.75 Å². The fraction of sp³-hybridized carbons (Fsp3) is 0.467. The van der Waals surface area contributed by atoms with Crippen LogP contribution in [-0.4, -0.2) is 41.5 Å². The number of amides is 2. The molecular formula is C15H20N2O3. The highest BCUT2D eigenvalue weighted by molar-refractivity contribution is 5.97. The maximum atomic E-state index is 12.4.